The lowest BCUT2D eigenvalue weighted by Gasteiger charge is -2.36. The Labute approximate surface area is 192 Å². The van der Waals surface area contributed by atoms with E-state index in [2.05, 4.69) is 21.2 Å². The van der Waals surface area contributed by atoms with E-state index < -0.39 is 29.2 Å². The third-order valence-electron chi connectivity index (χ3n) is 5.83. The number of rotatable bonds is 5. The summed E-state index contributed by atoms with van der Waals surface area (Å²) in [5, 5.41) is 2.95. The molecular weight excluding hydrogens is 464 g/mol. The van der Waals surface area contributed by atoms with E-state index in [1.807, 2.05) is 24.3 Å². The summed E-state index contributed by atoms with van der Waals surface area (Å²) in [7, 11) is 1.33. The second-order valence-electron chi connectivity index (χ2n) is 9.37. The molecule has 3 atom stereocenters. The van der Waals surface area contributed by atoms with Crippen LogP contribution in [0.25, 0.3) is 0 Å². The predicted octanol–water partition coefficient (Wildman–Crippen LogP) is 3.83. The first-order chi connectivity index (χ1) is 14.6. The maximum absolute atomic E-state index is 13.2. The number of piperidine rings is 1. The largest absolute Gasteiger partial charge is 0.467 e. The third-order valence-corrected chi connectivity index (χ3v) is 6.36. The number of benzene rings is 1. The molecule has 1 aromatic carbocycles. The number of likely N-dealkylation sites (tertiary alicyclic amines) is 1. The molecule has 1 aromatic rings. The Morgan fingerprint density at radius 2 is 1.87 bits per heavy atom. The highest BCUT2D eigenvalue weighted by Crippen LogP contribution is 2.47. The van der Waals surface area contributed by atoms with Crippen molar-refractivity contribution in [3.63, 3.8) is 0 Å². The molecule has 1 saturated heterocycles. The lowest BCUT2D eigenvalue weighted by molar-refractivity contribution is -0.147. The minimum atomic E-state index is -1.05. The molecule has 3 rings (SSSR count). The van der Waals surface area contributed by atoms with Crippen LogP contribution in [0.4, 0.5) is 4.79 Å². The molecule has 2 fully saturated rings. The molecule has 1 saturated carbocycles. The molecular formula is C23H31BrN2O5. The first-order valence-corrected chi connectivity index (χ1v) is 11.5. The van der Waals surface area contributed by atoms with Gasteiger partial charge in [0.05, 0.1) is 7.11 Å². The molecule has 1 heterocycles. The maximum atomic E-state index is 13.2. The molecule has 0 aromatic heterocycles. The normalized spacial score (nSPS) is 25.5. The van der Waals surface area contributed by atoms with Crippen LogP contribution in [0.15, 0.2) is 28.7 Å². The number of nitrogens with zero attached hydrogens (tertiary/aromatic N) is 1. The summed E-state index contributed by atoms with van der Waals surface area (Å²) in [5.74, 6) is -0.819. The Kier molecular flexibility index (Phi) is 6.98. The number of esters is 1. The fourth-order valence-electron chi connectivity index (χ4n) is 4.16. The van der Waals surface area contributed by atoms with Crippen LogP contribution in [0.1, 0.15) is 52.0 Å². The minimum Gasteiger partial charge on any atom is -0.467 e. The lowest BCUT2D eigenvalue weighted by atomic mass is 10.0. The zero-order valence-corrected chi connectivity index (χ0v) is 20.2. The number of carbonyl (C=O) groups is 3. The van der Waals surface area contributed by atoms with Crippen molar-refractivity contribution in [3.05, 3.63) is 34.3 Å². The summed E-state index contributed by atoms with van der Waals surface area (Å²) in [5.41, 5.74) is -0.605. The molecule has 31 heavy (non-hydrogen) atoms. The van der Waals surface area contributed by atoms with Crippen LogP contribution in [-0.2, 0) is 25.5 Å². The average Bonchev–Trinajstić information content (AvgIpc) is 3.40. The number of carbonyl (C=O) groups excluding carboxylic acids is 3. The summed E-state index contributed by atoms with van der Waals surface area (Å²) < 4.78 is 11.5. The summed E-state index contributed by atoms with van der Waals surface area (Å²) in [6.07, 6.45) is 2.87. The van der Waals surface area contributed by atoms with Gasteiger partial charge in [-0.25, -0.2) is 9.59 Å². The van der Waals surface area contributed by atoms with Gasteiger partial charge in [0.25, 0.3) is 0 Å². The van der Waals surface area contributed by atoms with E-state index in [0.29, 0.717) is 25.8 Å². The fourth-order valence-corrected chi connectivity index (χ4v) is 4.43. The van der Waals surface area contributed by atoms with Gasteiger partial charge in [-0.1, -0.05) is 28.1 Å². The van der Waals surface area contributed by atoms with E-state index in [9.17, 15) is 14.4 Å². The van der Waals surface area contributed by atoms with Gasteiger partial charge in [-0.3, -0.25) is 9.69 Å². The van der Waals surface area contributed by atoms with Gasteiger partial charge in [-0.05, 0) is 76.5 Å². The van der Waals surface area contributed by atoms with Gasteiger partial charge in [0.15, 0.2) is 0 Å². The monoisotopic (exact) mass is 494 g/mol. The molecule has 0 radical (unpaired) electrons. The number of ether oxygens (including phenoxy) is 2. The average molecular weight is 495 g/mol. The van der Waals surface area contributed by atoms with Crippen LogP contribution in [0.2, 0.25) is 0 Å². The Bertz CT molecular complexity index is 835. The van der Waals surface area contributed by atoms with Crippen molar-refractivity contribution in [1.29, 1.82) is 0 Å². The van der Waals surface area contributed by atoms with Gasteiger partial charge in [-0.2, -0.15) is 0 Å². The number of amides is 2. The van der Waals surface area contributed by atoms with E-state index in [0.717, 1.165) is 22.9 Å². The van der Waals surface area contributed by atoms with Gasteiger partial charge in [0.2, 0.25) is 5.91 Å². The Morgan fingerprint density at radius 1 is 1.19 bits per heavy atom. The maximum Gasteiger partial charge on any atom is 0.410 e. The summed E-state index contributed by atoms with van der Waals surface area (Å²) in [6.45, 7) is 5.85. The van der Waals surface area contributed by atoms with Crippen molar-refractivity contribution >= 4 is 33.9 Å². The zero-order chi connectivity index (χ0) is 22.8. The number of hydrogen-bond donors (Lipinski definition) is 1. The second-order valence-corrected chi connectivity index (χ2v) is 10.3. The second kappa shape index (κ2) is 9.18. The van der Waals surface area contributed by atoms with Crippen LogP contribution in [0, 0.1) is 5.92 Å². The number of nitrogens with one attached hydrogen (secondary N) is 1. The molecule has 7 nitrogen and oxygen atoms in total. The minimum absolute atomic E-state index is 0.0522. The summed E-state index contributed by atoms with van der Waals surface area (Å²) in [4.78, 5) is 40.0. The molecule has 1 N–H and O–H groups in total. The molecule has 2 amide bonds. The lowest BCUT2D eigenvalue weighted by Crippen LogP contribution is -2.57. The van der Waals surface area contributed by atoms with E-state index in [1.54, 1.807) is 20.8 Å². The molecule has 1 aliphatic carbocycles. The van der Waals surface area contributed by atoms with Gasteiger partial charge >= 0.3 is 12.1 Å². The van der Waals surface area contributed by atoms with Crippen molar-refractivity contribution < 1.29 is 23.9 Å². The first-order valence-electron chi connectivity index (χ1n) is 10.7. The van der Waals surface area contributed by atoms with Gasteiger partial charge in [0, 0.05) is 11.0 Å². The standard InChI is InChI=1S/C23H31BrN2O5/c1-22(2,3)31-21(29)26-12-6-5-7-18(26)19(27)25-23(20(28)30-4)14-16(23)13-15-8-10-17(24)11-9-15/h8-11,16,18H,5-7,12-14H2,1-4H3,(H,25,27)/t16-,18+,23+/m1/s1. The number of hydrogen-bond acceptors (Lipinski definition) is 5. The molecule has 0 bridgehead atoms. The van der Waals surface area contributed by atoms with Crippen LogP contribution >= 0.6 is 15.9 Å². The first kappa shape index (κ1) is 23.6. The topological polar surface area (TPSA) is 84.9 Å². The van der Waals surface area contributed by atoms with Crippen molar-refractivity contribution in [3.8, 4) is 0 Å². The SMILES string of the molecule is COC(=O)[C@]1(NC(=O)[C@@H]2CCCCN2C(=O)OC(C)(C)C)C[C@H]1Cc1ccc(Br)cc1. The highest BCUT2D eigenvalue weighted by atomic mass is 79.9. The molecule has 1 aliphatic heterocycles. The third kappa shape index (κ3) is 5.59. The Morgan fingerprint density at radius 3 is 2.48 bits per heavy atom. The Balaban J connectivity index is 1.72. The summed E-state index contributed by atoms with van der Waals surface area (Å²) >= 11 is 3.42. The van der Waals surface area contributed by atoms with Crippen molar-refractivity contribution in [2.75, 3.05) is 13.7 Å². The van der Waals surface area contributed by atoms with Crippen LogP contribution in [0.5, 0.6) is 0 Å². The van der Waals surface area contributed by atoms with Gasteiger partial charge < -0.3 is 14.8 Å². The molecule has 8 heteroatoms. The van der Waals surface area contributed by atoms with Gasteiger partial charge in [0.1, 0.15) is 17.2 Å². The highest BCUT2D eigenvalue weighted by Gasteiger charge is 2.62. The fraction of sp³-hybridized carbons (Fsp3) is 0.609. The molecule has 0 spiro atoms. The van der Waals surface area contributed by atoms with Crippen LogP contribution in [-0.4, -0.2) is 53.7 Å². The zero-order valence-electron chi connectivity index (χ0n) is 18.6. The van der Waals surface area contributed by atoms with Crippen LogP contribution < -0.4 is 5.32 Å². The predicted molar refractivity (Wildman–Crippen MR) is 119 cm³/mol. The van der Waals surface area contributed by atoms with Gasteiger partial charge in [-0.15, -0.1) is 0 Å². The number of halogens is 1. The van der Waals surface area contributed by atoms with E-state index in [1.165, 1.54) is 12.0 Å². The van der Waals surface area contributed by atoms with E-state index in [4.69, 9.17) is 9.47 Å². The smallest absolute Gasteiger partial charge is 0.410 e. The van der Waals surface area contributed by atoms with Crippen LogP contribution in [0.3, 0.4) is 0 Å². The molecule has 0 unspecified atom stereocenters. The van der Waals surface area contributed by atoms with Crippen molar-refractivity contribution in [2.24, 2.45) is 5.92 Å². The van der Waals surface area contributed by atoms with E-state index >= 15 is 0 Å². The summed E-state index contributed by atoms with van der Waals surface area (Å²) in [6, 6.07) is 7.25. The Hall–Kier alpha value is -2.09. The number of methoxy groups -OCH3 is 1. The van der Waals surface area contributed by atoms with E-state index in [-0.39, 0.29) is 11.8 Å². The highest BCUT2D eigenvalue weighted by molar-refractivity contribution is 9.10. The molecule has 2 aliphatic rings. The molecule has 170 valence electrons. The quantitative estimate of drug-likeness (QED) is 0.628. The van der Waals surface area contributed by atoms with Crippen molar-refractivity contribution in [2.45, 2.75) is 70.1 Å². The van der Waals surface area contributed by atoms with Crippen molar-refractivity contribution in [1.82, 2.24) is 10.2 Å².